The van der Waals surface area contributed by atoms with Crippen molar-refractivity contribution in [3.8, 4) is 0 Å². The first-order valence-electron chi connectivity index (χ1n) is 8.07. The van der Waals surface area contributed by atoms with Crippen LogP contribution >= 0.6 is 0 Å². The second kappa shape index (κ2) is 9.81. The van der Waals surface area contributed by atoms with Gasteiger partial charge in [-0.15, -0.1) is 6.58 Å². The minimum absolute atomic E-state index is 0.634. The molecule has 1 heterocycles. The van der Waals surface area contributed by atoms with E-state index in [0.717, 1.165) is 45.0 Å². The van der Waals surface area contributed by atoms with Crippen molar-refractivity contribution in [2.45, 2.75) is 45.6 Å². The van der Waals surface area contributed by atoms with Gasteiger partial charge in [-0.3, -0.25) is 9.89 Å². The highest BCUT2D eigenvalue weighted by Crippen LogP contribution is 2.16. The number of likely N-dealkylation sites (tertiary alicyclic amines) is 1. The van der Waals surface area contributed by atoms with Crippen LogP contribution in [0, 0.1) is 0 Å². The molecule has 0 amide bonds. The van der Waals surface area contributed by atoms with Gasteiger partial charge in [0.1, 0.15) is 0 Å². The summed E-state index contributed by atoms with van der Waals surface area (Å²) in [6.45, 7) is 13.4. The molecule has 0 radical (unpaired) electrons. The van der Waals surface area contributed by atoms with E-state index in [-0.39, 0.29) is 0 Å². The third-order valence-electron chi connectivity index (χ3n) is 3.96. The summed E-state index contributed by atoms with van der Waals surface area (Å²) in [6.07, 6.45) is 6.79. The largest absolute Gasteiger partial charge is 0.357 e. The lowest BCUT2D eigenvalue weighted by molar-refractivity contribution is 0.272. The molecule has 0 aromatic heterocycles. The normalized spacial score (nSPS) is 20.1. The van der Waals surface area contributed by atoms with Crippen molar-refractivity contribution in [3.63, 3.8) is 0 Å². The molecule has 0 saturated carbocycles. The second-order valence-electron chi connectivity index (χ2n) is 5.47. The van der Waals surface area contributed by atoms with Gasteiger partial charge in [0.05, 0.1) is 6.54 Å². The predicted octanol–water partition coefficient (Wildman–Crippen LogP) is 2.33. The van der Waals surface area contributed by atoms with Gasteiger partial charge in [0.25, 0.3) is 0 Å². The van der Waals surface area contributed by atoms with Gasteiger partial charge in [-0.05, 0) is 45.7 Å². The highest BCUT2D eigenvalue weighted by Gasteiger charge is 2.22. The fraction of sp³-hybridized carbons (Fsp3) is 0.812. The number of guanidine groups is 1. The minimum Gasteiger partial charge on any atom is -0.357 e. The molecule has 4 nitrogen and oxygen atoms in total. The molecule has 1 aliphatic heterocycles. The molecule has 0 aliphatic carbocycles. The van der Waals surface area contributed by atoms with Crippen LogP contribution in [-0.2, 0) is 0 Å². The third kappa shape index (κ3) is 5.53. The van der Waals surface area contributed by atoms with Crippen LogP contribution in [0.15, 0.2) is 17.6 Å². The molecular weight excluding hydrogens is 248 g/mol. The van der Waals surface area contributed by atoms with Crippen molar-refractivity contribution in [1.29, 1.82) is 0 Å². The van der Waals surface area contributed by atoms with Gasteiger partial charge in [0.15, 0.2) is 5.96 Å². The maximum atomic E-state index is 4.84. The fourth-order valence-electron chi connectivity index (χ4n) is 2.76. The number of likely N-dealkylation sites (N-methyl/N-ethyl adjacent to an activating group) is 1. The highest BCUT2D eigenvalue weighted by atomic mass is 15.3. The number of aliphatic imine (C=N–C) groups is 1. The summed E-state index contributed by atoms with van der Waals surface area (Å²) in [5, 5.41) is 3.40. The lowest BCUT2D eigenvalue weighted by Gasteiger charge is -2.24. The van der Waals surface area contributed by atoms with E-state index in [1.807, 2.05) is 6.08 Å². The Labute approximate surface area is 124 Å². The Morgan fingerprint density at radius 1 is 1.50 bits per heavy atom. The molecule has 1 aliphatic rings. The summed E-state index contributed by atoms with van der Waals surface area (Å²) >= 11 is 0. The second-order valence-corrected chi connectivity index (χ2v) is 5.47. The summed E-state index contributed by atoms with van der Waals surface area (Å²) < 4.78 is 0. The van der Waals surface area contributed by atoms with Crippen LogP contribution in [0.25, 0.3) is 0 Å². The molecule has 116 valence electrons. The highest BCUT2D eigenvalue weighted by molar-refractivity contribution is 5.79. The molecular formula is C16H32N4. The zero-order valence-corrected chi connectivity index (χ0v) is 13.6. The SMILES string of the molecule is C=CCCCN(C)C(=NCC1CCCN1CC)NCC. The Balaban J connectivity index is 2.50. The maximum Gasteiger partial charge on any atom is 0.193 e. The Bertz CT molecular complexity index is 301. The molecule has 4 heteroatoms. The number of nitrogens with zero attached hydrogens (tertiary/aromatic N) is 3. The van der Waals surface area contributed by atoms with Crippen molar-refractivity contribution < 1.29 is 0 Å². The monoisotopic (exact) mass is 280 g/mol. The lowest BCUT2D eigenvalue weighted by Crippen LogP contribution is -2.40. The van der Waals surface area contributed by atoms with E-state index in [1.165, 1.54) is 19.4 Å². The van der Waals surface area contributed by atoms with Crippen molar-refractivity contribution >= 4 is 5.96 Å². The van der Waals surface area contributed by atoms with Gasteiger partial charge in [-0.2, -0.15) is 0 Å². The Morgan fingerprint density at radius 2 is 2.30 bits per heavy atom. The van der Waals surface area contributed by atoms with E-state index in [2.05, 4.69) is 42.6 Å². The van der Waals surface area contributed by atoms with Crippen molar-refractivity contribution in [1.82, 2.24) is 15.1 Å². The molecule has 20 heavy (non-hydrogen) atoms. The number of allylic oxidation sites excluding steroid dienone is 1. The number of hydrogen-bond donors (Lipinski definition) is 1. The lowest BCUT2D eigenvalue weighted by atomic mass is 10.2. The van der Waals surface area contributed by atoms with E-state index in [0.29, 0.717) is 6.04 Å². The number of rotatable bonds is 8. The molecule has 0 aromatic carbocycles. The standard InChI is InChI=1S/C16H32N4/c1-5-8-9-12-19(4)16(17-6-2)18-14-15-11-10-13-20(15)7-3/h5,15H,1,6-14H2,2-4H3,(H,17,18). The minimum atomic E-state index is 0.634. The van der Waals surface area contributed by atoms with Gasteiger partial charge < -0.3 is 10.2 Å². The molecule has 0 bridgehead atoms. The Kier molecular flexibility index (Phi) is 8.35. The average molecular weight is 280 g/mol. The van der Waals surface area contributed by atoms with E-state index in [4.69, 9.17) is 4.99 Å². The smallest absolute Gasteiger partial charge is 0.193 e. The van der Waals surface area contributed by atoms with E-state index in [1.54, 1.807) is 0 Å². The van der Waals surface area contributed by atoms with Gasteiger partial charge >= 0.3 is 0 Å². The van der Waals surface area contributed by atoms with Crippen LogP contribution in [0.3, 0.4) is 0 Å². The number of unbranched alkanes of at least 4 members (excludes halogenated alkanes) is 1. The Hall–Kier alpha value is -1.03. The molecule has 0 aromatic rings. The van der Waals surface area contributed by atoms with E-state index < -0.39 is 0 Å². The van der Waals surface area contributed by atoms with Gasteiger partial charge in [-0.1, -0.05) is 13.0 Å². The summed E-state index contributed by atoms with van der Waals surface area (Å²) in [7, 11) is 2.12. The molecule has 1 saturated heterocycles. The van der Waals surface area contributed by atoms with Crippen LogP contribution in [0.2, 0.25) is 0 Å². The van der Waals surface area contributed by atoms with Crippen LogP contribution in [0.4, 0.5) is 0 Å². The molecule has 1 unspecified atom stereocenters. The first-order chi connectivity index (χ1) is 9.72. The van der Waals surface area contributed by atoms with Crippen LogP contribution in [0.1, 0.15) is 39.5 Å². The summed E-state index contributed by atoms with van der Waals surface area (Å²) in [4.78, 5) is 9.62. The molecule has 0 spiro atoms. The number of nitrogens with one attached hydrogen (secondary N) is 1. The zero-order chi connectivity index (χ0) is 14.8. The van der Waals surface area contributed by atoms with Crippen molar-refractivity contribution in [2.24, 2.45) is 4.99 Å². The average Bonchev–Trinajstić information content (AvgIpc) is 2.91. The quantitative estimate of drug-likeness (QED) is 0.320. The van der Waals surface area contributed by atoms with Crippen molar-refractivity contribution in [2.75, 3.05) is 39.8 Å². The summed E-state index contributed by atoms with van der Waals surface area (Å²) in [5.74, 6) is 1.04. The maximum absolute atomic E-state index is 4.84. The number of hydrogen-bond acceptors (Lipinski definition) is 2. The topological polar surface area (TPSA) is 30.9 Å². The fourth-order valence-corrected chi connectivity index (χ4v) is 2.76. The van der Waals surface area contributed by atoms with Crippen LogP contribution in [0.5, 0.6) is 0 Å². The third-order valence-corrected chi connectivity index (χ3v) is 3.96. The first-order valence-corrected chi connectivity index (χ1v) is 8.07. The summed E-state index contributed by atoms with van der Waals surface area (Å²) in [6, 6.07) is 0.634. The van der Waals surface area contributed by atoms with Crippen LogP contribution < -0.4 is 5.32 Å². The molecule has 1 atom stereocenters. The zero-order valence-electron chi connectivity index (χ0n) is 13.6. The van der Waals surface area contributed by atoms with E-state index >= 15 is 0 Å². The van der Waals surface area contributed by atoms with E-state index in [9.17, 15) is 0 Å². The van der Waals surface area contributed by atoms with Gasteiger partial charge in [-0.25, -0.2) is 0 Å². The van der Waals surface area contributed by atoms with Gasteiger partial charge in [0, 0.05) is 26.2 Å². The van der Waals surface area contributed by atoms with Crippen LogP contribution in [-0.4, -0.2) is 61.6 Å². The predicted molar refractivity (Wildman–Crippen MR) is 88.3 cm³/mol. The Morgan fingerprint density at radius 3 is 2.95 bits per heavy atom. The molecule has 1 N–H and O–H groups in total. The summed E-state index contributed by atoms with van der Waals surface area (Å²) in [5.41, 5.74) is 0. The molecule has 1 fully saturated rings. The van der Waals surface area contributed by atoms with Gasteiger partial charge in [0.2, 0.25) is 0 Å². The molecule has 1 rings (SSSR count). The van der Waals surface area contributed by atoms with Crippen molar-refractivity contribution in [3.05, 3.63) is 12.7 Å². The first kappa shape index (κ1) is 17.0.